The molecule has 6 heteroatoms. The van der Waals surface area contributed by atoms with Crippen LogP contribution in [-0.2, 0) is 6.54 Å². The first-order chi connectivity index (χ1) is 8.17. The molecule has 0 spiro atoms. The first kappa shape index (κ1) is 12.1. The van der Waals surface area contributed by atoms with E-state index in [1.165, 1.54) is 6.20 Å². The Labute approximate surface area is 108 Å². The zero-order chi connectivity index (χ0) is 12.3. The Balaban J connectivity index is 2.24. The van der Waals surface area contributed by atoms with Crippen molar-refractivity contribution in [3.05, 3.63) is 46.3 Å². The van der Waals surface area contributed by atoms with E-state index in [1.54, 1.807) is 24.4 Å². The summed E-state index contributed by atoms with van der Waals surface area (Å²) in [5.74, 6) is 0.859. The number of nitrogens with two attached hydrogens (primary N) is 1. The summed E-state index contributed by atoms with van der Waals surface area (Å²) >= 11 is 11.7. The van der Waals surface area contributed by atoms with Crippen molar-refractivity contribution in [3.63, 3.8) is 0 Å². The minimum absolute atomic E-state index is 0.306. The smallest absolute Gasteiger partial charge is 0.238 e. The third kappa shape index (κ3) is 3.30. The molecule has 1 aromatic carbocycles. The van der Waals surface area contributed by atoms with Gasteiger partial charge in [0, 0.05) is 22.8 Å². The molecule has 0 aliphatic carbocycles. The lowest BCUT2D eigenvalue weighted by Crippen LogP contribution is -2.01. The van der Waals surface area contributed by atoms with Crippen LogP contribution in [-0.4, -0.2) is 9.97 Å². The zero-order valence-electron chi connectivity index (χ0n) is 8.73. The van der Waals surface area contributed by atoms with E-state index >= 15 is 0 Å². The lowest BCUT2D eigenvalue weighted by atomic mass is 10.3. The SMILES string of the molecule is NCc1cncc(Oc2cc(Cl)cc(Cl)c2)n1. The Morgan fingerprint density at radius 1 is 1.12 bits per heavy atom. The van der Waals surface area contributed by atoms with Crippen molar-refractivity contribution in [1.29, 1.82) is 0 Å². The van der Waals surface area contributed by atoms with Crippen molar-refractivity contribution >= 4 is 23.2 Å². The molecular weight excluding hydrogens is 261 g/mol. The molecule has 1 aromatic heterocycles. The molecule has 0 saturated heterocycles. The van der Waals surface area contributed by atoms with Crippen LogP contribution < -0.4 is 10.5 Å². The second kappa shape index (κ2) is 5.31. The van der Waals surface area contributed by atoms with Gasteiger partial charge in [-0.05, 0) is 18.2 Å². The predicted molar refractivity (Wildman–Crippen MR) is 66.5 cm³/mol. The van der Waals surface area contributed by atoms with Gasteiger partial charge in [-0.15, -0.1) is 0 Å². The largest absolute Gasteiger partial charge is 0.437 e. The van der Waals surface area contributed by atoms with E-state index < -0.39 is 0 Å². The molecule has 0 fully saturated rings. The van der Waals surface area contributed by atoms with Gasteiger partial charge in [0.25, 0.3) is 0 Å². The Morgan fingerprint density at radius 2 is 1.82 bits per heavy atom. The number of nitrogens with zero attached hydrogens (tertiary/aromatic N) is 2. The Hall–Kier alpha value is -1.36. The summed E-state index contributed by atoms with van der Waals surface area (Å²) in [5, 5.41) is 0.992. The standard InChI is InChI=1S/C11H9Cl2N3O/c12-7-1-8(13)3-10(2-7)17-11-6-15-5-9(4-14)16-11/h1-3,5-6H,4,14H2. The third-order valence-electron chi connectivity index (χ3n) is 1.93. The van der Waals surface area contributed by atoms with Gasteiger partial charge < -0.3 is 10.5 Å². The average Bonchev–Trinajstić information content (AvgIpc) is 2.28. The third-order valence-corrected chi connectivity index (χ3v) is 2.37. The Morgan fingerprint density at radius 3 is 2.47 bits per heavy atom. The molecular formula is C11H9Cl2N3O. The molecule has 2 aromatic rings. The summed E-state index contributed by atoms with van der Waals surface area (Å²) in [5.41, 5.74) is 6.11. The molecule has 0 aliphatic heterocycles. The van der Waals surface area contributed by atoms with E-state index in [0.717, 1.165) is 0 Å². The van der Waals surface area contributed by atoms with Crippen LogP contribution in [0, 0.1) is 0 Å². The van der Waals surface area contributed by atoms with E-state index in [9.17, 15) is 0 Å². The first-order valence-electron chi connectivity index (χ1n) is 4.82. The number of aromatic nitrogens is 2. The van der Waals surface area contributed by atoms with Gasteiger partial charge in [0.05, 0.1) is 11.9 Å². The van der Waals surface area contributed by atoms with Crippen molar-refractivity contribution in [1.82, 2.24) is 9.97 Å². The van der Waals surface area contributed by atoms with Crippen LogP contribution in [0.25, 0.3) is 0 Å². The second-order valence-corrected chi connectivity index (χ2v) is 4.13. The van der Waals surface area contributed by atoms with Crippen LogP contribution >= 0.6 is 23.2 Å². The fraction of sp³-hybridized carbons (Fsp3) is 0.0909. The molecule has 4 nitrogen and oxygen atoms in total. The first-order valence-corrected chi connectivity index (χ1v) is 5.58. The number of hydrogen-bond donors (Lipinski definition) is 1. The maximum atomic E-state index is 5.85. The summed E-state index contributed by atoms with van der Waals surface area (Å²) in [6.45, 7) is 0.306. The van der Waals surface area contributed by atoms with Crippen molar-refractivity contribution < 1.29 is 4.74 Å². The monoisotopic (exact) mass is 269 g/mol. The minimum Gasteiger partial charge on any atom is -0.437 e. The second-order valence-electron chi connectivity index (χ2n) is 3.26. The fourth-order valence-electron chi connectivity index (χ4n) is 1.24. The quantitative estimate of drug-likeness (QED) is 0.931. The van der Waals surface area contributed by atoms with Crippen molar-refractivity contribution in [2.45, 2.75) is 6.54 Å². The highest BCUT2D eigenvalue weighted by atomic mass is 35.5. The highest BCUT2D eigenvalue weighted by Crippen LogP contribution is 2.27. The van der Waals surface area contributed by atoms with Crippen LogP contribution in [0.15, 0.2) is 30.6 Å². The molecule has 0 radical (unpaired) electrons. The van der Waals surface area contributed by atoms with Gasteiger partial charge in [0.2, 0.25) is 5.88 Å². The molecule has 0 unspecified atom stereocenters. The van der Waals surface area contributed by atoms with Gasteiger partial charge >= 0.3 is 0 Å². The van der Waals surface area contributed by atoms with E-state index in [4.69, 9.17) is 33.7 Å². The molecule has 2 N–H and O–H groups in total. The lowest BCUT2D eigenvalue weighted by molar-refractivity contribution is 0.458. The summed E-state index contributed by atoms with van der Waals surface area (Å²) < 4.78 is 5.48. The molecule has 0 atom stereocenters. The highest BCUT2D eigenvalue weighted by Gasteiger charge is 2.03. The molecule has 2 rings (SSSR count). The van der Waals surface area contributed by atoms with Gasteiger partial charge in [-0.25, -0.2) is 4.98 Å². The number of rotatable bonds is 3. The van der Waals surface area contributed by atoms with Crippen molar-refractivity contribution in [2.75, 3.05) is 0 Å². The fourth-order valence-corrected chi connectivity index (χ4v) is 1.75. The normalized spacial score (nSPS) is 10.3. The van der Waals surface area contributed by atoms with Gasteiger partial charge in [-0.2, -0.15) is 0 Å². The van der Waals surface area contributed by atoms with Gasteiger partial charge in [-0.1, -0.05) is 23.2 Å². The molecule has 0 aliphatic rings. The Bertz CT molecular complexity index is 514. The summed E-state index contributed by atoms with van der Waals surface area (Å²) in [7, 11) is 0. The highest BCUT2D eigenvalue weighted by molar-refractivity contribution is 6.34. The maximum absolute atomic E-state index is 5.85. The molecule has 0 saturated carbocycles. The summed E-state index contributed by atoms with van der Waals surface area (Å²) in [6, 6.07) is 4.91. The summed E-state index contributed by atoms with van der Waals surface area (Å²) in [6.07, 6.45) is 3.08. The molecule has 0 bridgehead atoms. The summed E-state index contributed by atoms with van der Waals surface area (Å²) in [4.78, 5) is 8.11. The lowest BCUT2D eigenvalue weighted by Gasteiger charge is -2.06. The molecule has 1 heterocycles. The van der Waals surface area contributed by atoms with Crippen LogP contribution in [0.4, 0.5) is 0 Å². The Kier molecular flexibility index (Phi) is 3.78. The van der Waals surface area contributed by atoms with Gasteiger partial charge in [0.15, 0.2) is 0 Å². The van der Waals surface area contributed by atoms with E-state index in [2.05, 4.69) is 9.97 Å². The molecule has 17 heavy (non-hydrogen) atoms. The maximum Gasteiger partial charge on any atom is 0.238 e. The van der Waals surface area contributed by atoms with Gasteiger partial charge in [0.1, 0.15) is 5.75 Å². The van der Waals surface area contributed by atoms with Crippen LogP contribution in [0.3, 0.4) is 0 Å². The number of halogens is 2. The molecule has 88 valence electrons. The van der Waals surface area contributed by atoms with E-state index in [-0.39, 0.29) is 0 Å². The van der Waals surface area contributed by atoms with Crippen LogP contribution in [0.1, 0.15) is 5.69 Å². The van der Waals surface area contributed by atoms with Crippen LogP contribution in [0.5, 0.6) is 11.6 Å². The van der Waals surface area contributed by atoms with Gasteiger partial charge in [-0.3, -0.25) is 4.98 Å². The average molecular weight is 270 g/mol. The van der Waals surface area contributed by atoms with Crippen molar-refractivity contribution in [2.24, 2.45) is 5.73 Å². The van der Waals surface area contributed by atoms with E-state index in [1.807, 2.05) is 0 Å². The minimum atomic E-state index is 0.306. The van der Waals surface area contributed by atoms with E-state index in [0.29, 0.717) is 33.9 Å². The topological polar surface area (TPSA) is 61.0 Å². The van der Waals surface area contributed by atoms with Crippen molar-refractivity contribution in [3.8, 4) is 11.6 Å². The number of ether oxygens (including phenoxy) is 1. The predicted octanol–water partition coefficient (Wildman–Crippen LogP) is 3.03. The number of hydrogen-bond acceptors (Lipinski definition) is 4. The number of benzene rings is 1. The van der Waals surface area contributed by atoms with Crippen LogP contribution in [0.2, 0.25) is 10.0 Å². The molecule has 0 amide bonds. The zero-order valence-corrected chi connectivity index (χ0v) is 10.2.